The number of H-pyrrole nitrogens is 1. The Labute approximate surface area is 99.9 Å². The van der Waals surface area contributed by atoms with Crippen molar-refractivity contribution >= 4 is 12.2 Å². The number of hydrogen-bond donors (Lipinski definition) is 1. The average molecular weight is 239 g/mol. The highest BCUT2D eigenvalue weighted by atomic mass is 32.1. The molecule has 1 N–H and O–H groups in total. The van der Waals surface area contributed by atoms with Gasteiger partial charge in [-0.2, -0.15) is 0 Å². The average Bonchev–Trinajstić information content (AvgIpc) is 3.06. The third kappa shape index (κ3) is 2.80. The van der Waals surface area contributed by atoms with Crippen LogP contribution in [0.4, 0.5) is 0 Å². The maximum atomic E-state index is 11.0. The van der Waals surface area contributed by atoms with Gasteiger partial charge in [0.1, 0.15) is 0 Å². The molecule has 0 spiro atoms. The van der Waals surface area contributed by atoms with Crippen molar-refractivity contribution in [1.82, 2.24) is 14.5 Å². The van der Waals surface area contributed by atoms with E-state index < -0.39 is 0 Å². The lowest BCUT2D eigenvalue weighted by molar-refractivity contribution is 0.265. The number of rotatable bonds is 5. The fourth-order valence-corrected chi connectivity index (χ4v) is 2.15. The standard InChI is InChI=1S/C11H17N3OS/c1-2-13(9-3-4-9)7-8-14-6-5-10(15)12-11(14)16/h5-6,9H,2-4,7-8H2,1H3,(H,12,15,16). The maximum absolute atomic E-state index is 11.0. The highest BCUT2D eigenvalue weighted by Gasteiger charge is 2.27. The summed E-state index contributed by atoms with van der Waals surface area (Å²) in [7, 11) is 0. The lowest BCUT2D eigenvalue weighted by Crippen LogP contribution is -2.30. The van der Waals surface area contributed by atoms with E-state index in [4.69, 9.17) is 12.2 Å². The molecule has 1 aliphatic carbocycles. The van der Waals surface area contributed by atoms with E-state index in [2.05, 4.69) is 16.8 Å². The third-order valence-corrected chi connectivity index (χ3v) is 3.33. The Kier molecular flexibility index (Phi) is 3.56. The van der Waals surface area contributed by atoms with Crippen LogP contribution < -0.4 is 5.56 Å². The van der Waals surface area contributed by atoms with E-state index in [0.29, 0.717) is 4.77 Å². The molecule has 1 aromatic rings. The number of nitrogens with one attached hydrogen (secondary N) is 1. The second-order valence-corrected chi connectivity index (χ2v) is 4.55. The third-order valence-electron chi connectivity index (χ3n) is 2.99. The van der Waals surface area contributed by atoms with Gasteiger partial charge in [-0.25, -0.2) is 0 Å². The molecule has 0 saturated heterocycles. The molecule has 1 saturated carbocycles. The Morgan fingerprint density at radius 3 is 2.94 bits per heavy atom. The highest BCUT2D eigenvalue weighted by molar-refractivity contribution is 7.71. The zero-order valence-corrected chi connectivity index (χ0v) is 10.3. The Morgan fingerprint density at radius 2 is 2.38 bits per heavy atom. The van der Waals surface area contributed by atoms with Gasteiger partial charge >= 0.3 is 0 Å². The summed E-state index contributed by atoms with van der Waals surface area (Å²) >= 11 is 5.10. The zero-order chi connectivity index (χ0) is 11.5. The van der Waals surface area contributed by atoms with Gasteiger partial charge in [0.2, 0.25) is 0 Å². The van der Waals surface area contributed by atoms with E-state index in [9.17, 15) is 4.79 Å². The second kappa shape index (κ2) is 4.93. The summed E-state index contributed by atoms with van der Waals surface area (Å²) in [6, 6.07) is 2.30. The lowest BCUT2D eigenvalue weighted by atomic mass is 10.4. The van der Waals surface area contributed by atoms with Gasteiger partial charge in [-0.05, 0) is 31.6 Å². The minimum atomic E-state index is -0.129. The molecule has 0 amide bonds. The second-order valence-electron chi connectivity index (χ2n) is 4.16. The molecule has 1 aromatic heterocycles. The van der Waals surface area contributed by atoms with E-state index in [0.717, 1.165) is 25.7 Å². The minimum Gasteiger partial charge on any atom is -0.324 e. The van der Waals surface area contributed by atoms with Crippen molar-refractivity contribution in [2.45, 2.75) is 32.4 Å². The molecule has 0 aromatic carbocycles. The normalized spacial score (nSPS) is 15.6. The molecule has 1 heterocycles. The summed E-state index contributed by atoms with van der Waals surface area (Å²) in [5.74, 6) is 0. The van der Waals surface area contributed by atoms with Gasteiger partial charge in [0.05, 0.1) is 0 Å². The fourth-order valence-electron chi connectivity index (χ4n) is 1.90. The lowest BCUT2D eigenvalue weighted by Gasteiger charge is -2.20. The first kappa shape index (κ1) is 11.5. The Bertz CT molecular complexity index is 461. The Balaban J connectivity index is 1.98. The van der Waals surface area contributed by atoms with Gasteiger partial charge in [-0.15, -0.1) is 0 Å². The first-order valence-corrected chi connectivity index (χ1v) is 6.15. The van der Waals surface area contributed by atoms with Crippen LogP contribution >= 0.6 is 12.2 Å². The molecule has 0 atom stereocenters. The SMILES string of the molecule is CCN(CCn1ccc(=O)[nH]c1=S)C1CC1. The first-order valence-electron chi connectivity index (χ1n) is 5.74. The summed E-state index contributed by atoms with van der Waals surface area (Å²) in [6.07, 6.45) is 4.41. The Hall–Kier alpha value is -0.940. The largest absolute Gasteiger partial charge is 0.324 e. The number of aromatic nitrogens is 2. The van der Waals surface area contributed by atoms with E-state index in [1.807, 2.05) is 4.57 Å². The smallest absolute Gasteiger partial charge is 0.251 e. The van der Waals surface area contributed by atoms with Crippen molar-refractivity contribution < 1.29 is 0 Å². The van der Waals surface area contributed by atoms with Crippen LogP contribution in [0, 0.1) is 4.77 Å². The van der Waals surface area contributed by atoms with Gasteiger partial charge in [0, 0.05) is 31.4 Å². The molecular weight excluding hydrogens is 222 g/mol. The summed E-state index contributed by atoms with van der Waals surface area (Å²) in [6.45, 7) is 5.12. The zero-order valence-electron chi connectivity index (χ0n) is 9.48. The van der Waals surface area contributed by atoms with Gasteiger partial charge < -0.3 is 4.57 Å². The highest BCUT2D eigenvalue weighted by Crippen LogP contribution is 2.26. The van der Waals surface area contributed by atoms with Gasteiger partial charge in [0.25, 0.3) is 5.56 Å². The first-order chi connectivity index (χ1) is 7.70. The van der Waals surface area contributed by atoms with E-state index in [1.165, 1.54) is 18.9 Å². The fraction of sp³-hybridized carbons (Fsp3) is 0.636. The molecule has 1 fully saturated rings. The van der Waals surface area contributed by atoms with Crippen molar-refractivity contribution in [2.75, 3.05) is 13.1 Å². The predicted molar refractivity (Wildman–Crippen MR) is 66.2 cm³/mol. The topological polar surface area (TPSA) is 41.0 Å². The Morgan fingerprint density at radius 1 is 1.62 bits per heavy atom. The monoisotopic (exact) mass is 239 g/mol. The van der Waals surface area contributed by atoms with Gasteiger partial charge in [-0.3, -0.25) is 14.7 Å². The minimum absolute atomic E-state index is 0.129. The molecule has 1 aliphatic rings. The quantitative estimate of drug-likeness (QED) is 0.789. The van der Waals surface area contributed by atoms with E-state index in [-0.39, 0.29) is 5.56 Å². The molecule has 16 heavy (non-hydrogen) atoms. The van der Waals surface area contributed by atoms with Gasteiger partial charge in [-0.1, -0.05) is 6.92 Å². The number of aromatic amines is 1. The molecule has 0 bridgehead atoms. The summed E-state index contributed by atoms with van der Waals surface area (Å²) in [5, 5.41) is 0. The molecule has 0 radical (unpaired) electrons. The molecule has 2 rings (SSSR count). The van der Waals surface area contributed by atoms with Crippen LogP contribution in [0.15, 0.2) is 17.1 Å². The molecule has 5 heteroatoms. The van der Waals surface area contributed by atoms with Crippen LogP contribution in [-0.4, -0.2) is 33.6 Å². The number of hydrogen-bond acceptors (Lipinski definition) is 3. The number of likely N-dealkylation sites (N-methyl/N-ethyl adjacent to an activating group) is 1. The molecule has 4 nitrogen and oxygen atoms in total. The summed E-state index contributed by atoms with van der Waals surface area (Å²) in [4.78, 5) is 16.1. The van der Waals surface area contributed by atoms with Crippen molar-refractivity contribution in [3.8, 4) is 0 Å². The van der Waals surface area contributed by atoms with Crippen LogP contribution in [0.5, 0.6) is 0 Å². The summed E-state index contributed by atoms with van der Waals surface area (Å²) < 4.78 is 2.43. The van der Waals surface area contributed by atoms with Crippen LogP contribution in [0.2, 0.25) is 0 Å². The van der Waals surface area contributed by atoms with Crippen molar-refractivity contribution in [3.63, 3.8) is 0 Å². The van der Waals surface area contributed by atoms with E-state index >= 15 is 0 Å². The maximum Gasteiger partial charge on any atom is 0.251 e. The molecule has 0 aliphatic heterocycles. The van der Waals surface area contributed by atoms with Gasteiger partial charge in [0.15, 0.2) is 4.77 Å². The molecule has 0 unspecified atom stereocenters. The molecule has 88 valence electrons. The van der Waals surface area contributed by atoms with E-state index in [1.54, 1.807) is 6.20 Å². The van der Waals surface area contributed by atoms with Crippen molar-refractivity contribution in [3.05, 3.63) is 27.4 Å². The van der Waals surface area contributed by atoms with Crippen LogP contribution in [-0.2, 0) is 6.54 Å². The molecular formula is C11H17N3OS. The van der Waals surface area contributed by atoms with Crippen LogP contribution in [0.3, 0.4) is 0 Å². The van der Waals surface area contributed by atoms with Crippen molar-refractivity contribution in [1.29, 1.82) is 0 Å². The predicted octanol–water partition coefficient (Wildman–Crippen LogP) is 1.39. The van der Waals surface area contributed by atoms with Crippen LogP contribution in [0.1, 0.15) is 19.8 Å². The van der Waals surface area contributed by atoms with Crippen LogP contribution in [0.25, 0.3) is 0 Å². The van der Waals surface area contributed by atoms with Crippen molar-refractivity contribution in [2.24, 2.45) is 0 Å². The summed E-state index contributed by atoms with van der Waals surface area (Å²) in [5.41, 5.74) is -0.129. The number of nitrogens with zero attached hydrogens (tertiary/aromatic N) is 2.